The van der Waals surface area contributed by atoms with Crippen LogP contribution >= 0.6 is 0 Å². The highest BCUT2D eigenvalue weighted by Crippen LogP contribution is 2.20. The van der Waals surface area contributed by atoms with E-state index >= 15 is 0 Å². The van der Waals surface area contributed by atoms with Crippen LogP contribution in [0.2, 0.25) is 0 Å². The van der Waals surface area contributed by atoms with Crippen LogP contribution in [0.1, 0.15) is 12.0 Å². The molecule has 0 aromatic heterocycles. The average Bonchev–Trinajstić information content (AvgIpc) is 2.71. The first-order valence-corrected chi connectivity index (χ1v) is 5.45. The van der Waals surface area contributed by atoms with Gasteiger partial charge in [0.1, 0.15) is 11.6 Å². The van der Waals surface area contributed by atoms with E-state index in [4.69, 9.17) is 5.11 Å². The van der Waals surface area contributed by atoms with E-state index in [0.29, 0.717) is 31.6 Å². The Morgan fingerprint density at radius 3 is 2.82 bits per heavy atom. The second-order valence-electron chi connectivity index (χ2n) is 4.29. The molecule has 1 fully saturated rings. The first-order valence-electron chi connectivity index (χ1n) is 5.45. The van der Waals surface area contributed by atoms with Gasteiger partial charge in [0.2, 0.25) is 0 Å². The smallest absolute Gasteiger partial charge is 0.307 e. The van der Waals surface area contributed by atoms with Crippen LogP contribution in [0.15, 0.2) is 18.2 Å². The highest BCUT2D eigenvalue weighted by atomic mass is 19.1. The molecule has 5 heteroatoms. The summed E-state index contributed by atoms with van der Waals surface area (Å²) in [5, 5.41) is 8.84. The van der Waals surface area contributed by atoms with Crippen molar-refractivity contribution in [2.24, 2.45) is 5.92 Å². The molecule has 0 radical (unpaired) electrons. The summed E-state index contributed by atoms with van der Waals surface area (Å²) in [5.74, 6) is -2.37. The predicted molar refractivity (Wildman–Crippen MR) is 57.4 cm³/mol. The largest absolute Gasteiger partial charge is 0.481 e. The van der Waals surface area contributed by atoms with Crippen LogP contribution in [-0.2, 0) is 11.3 Å². The second kappa shape index (κ2) is 4.79. The van der Waals surface area contributed by atoms with Gasteiger partial charge in [-0.3, -0.25) is 9.69 Å². The van der Waals surface area contributed by atoms with Gasteiger partial charge in [0, 0.05) is 24.7 Å². The first kappa shape index (κ1) is 12.0. The summed E-state index contributed by atoms with van der Waals surface area (Å²) in [6.07, 6.45) is 0.581. The van der Waals surface area contributed by atoms with E-state index in [1.54, 1.807) is 0 Å². The van der Waals surface area contributed by atoms with Crippen molar-refractivity contribution in [3.63, 3.8) is 0 Å². The molecular weight excluding hydrogens is 228 g/mol. The second-order valence-corrected chi connectivity index (χ2v) is 4.29. The van der Waals surface area contributed by atoms with Crippen molar-refractivity contribution >= 4 is 5.97 Å². The maximum absolute atomic E-state index is 13.4. The highest BCUT2D eigenvalue weighted by Gasteiger charge is 2.28. The third-order valence-corrected chi connectivity index (χ3v) is 3.03. The van der Waals surface area contributed by atoms with Gasteiger partial charge < -0.3 is 5.11 Å². The Kier molecular flexibility index (Phi) is 3.38. The van der Waals surface area contributed by atoms with Crippen molar-refractivity contribution in [1.29, 1.82) is 0 Å². The standard InChI is InChI=1S/C12H13F2NO2/c13-10-2-1-8(11(14)5-10)6-15-4-3-9(7-15)12(16)17/h1-2,5,9H,3-4,6-7H2,(H,16,17)/t9-/m1/s1. The molecule has 1 N–H and O–H groups in total. The molecule has 1 aliphatic heterocycles. The summed E-state index contributed by atoms with van der Waals surface area (Å²) in [6.45, 7) is 1.38. The van der Waals surface area contributed by atoms with Gasteiger partial charge in [-0.2, -0.15) is 0 Å². The molecule has 1 aliphatic rings. The molecule has 0 spiro atoms. The summed E-state index contributed by atoms with van der Waals surface area (Å²) >= 11 is 0. The van der Waals surface area contributed by atoms with Crippen LogP contribution in [0, 0.1) is 17.6 Å². The number of halogens is 2. The molecule has 1 aromatic rings. The molecule has 0 aliphatic carbocycles. The molecule has 1 atom stereocenters. The van der Waals surface area contributed by atoms with Gasteiger partial charge in [0.15, 0.2) is 0 Å². The predicted octanol–water partition coefficient (Wildman–Crippen LogP) is 1.87. The fraction of sp³-hybridized carbons (Fsp3) is 0.417. The third-order valence-electron chi connectivity index (χ3n) is 3.03. The van der Waals surface area contributed by atoms with E-state index in [9.17, 15) is 13.6 Å². The average molecular weight is 241 g/mol. The summed E-state index contributed by atoms with van der Waals surface area (Å²) < 4.78 is 26.1. The lowest BCUT2D eigenvalue weighted by atomic mass is 10.1. The number of carbonyl (C=O) groups is 1. The van der Waals surface area contributed by atoms with E-state index in [2.05, 4.69) is 0 Å². The Morgan fingerprint density at radius 2 is 2.24 bits per heavy atom. The van der Waals surface area contributed by atoms with Crippen molar-refractivity contribution in [1.82, 2.24) is 4.90 Å². The number of carboxylic acids is 1. The number of aliphatic carboxylic acids is 1. The van der Waals surface area contributed by atoms with Crippen LogP contribution in [-0.4, -0.2) is 29.1 Å². The van der Waals surface area contributed by atoms with Gasteiger partial charge in [-0.25, -0.2) is 8.78 Å². The van der Waals surface area contributed by atoms with E-state index in [1.807, 2.05) is 4.90 Å². The zero-order valence-corrected chi connectivity index (χ0v) is 9.20. The van der Waals surface area contributed by atoms with Crippen LogP contribution in [0.25, 0.3) is 0 Å². The molecule has 0 bridgehead atoms. The first-order chi connectivity index (χ1) is 8.06. The van der Waals surface area contributed by atoms with Crippen LogP contribution in [0.5, 0.6) is 0 Å². The van der Waals surface area contributed by atoms with Gasteiger partial charge in [-0.15, -0.1) is 0 Å². The summed E-state index contributed by atoms with van der Waals surface area (Å²) in [4.78, 5) is 12.6. The Bertz CT molecular complexity index is 437. The van der Waals surface area contributed by atoms with Crippen molar-refractivity contribution in [2.75, 3.05) is 13.1 Å². The lowest BCUT2D eigenvalue weighted by molar-refractivity contribution is -0.141. The normalized spacial score (nSPS) is 20.7. The van der Waals surface area contributed by atoms with Crippen LogP contribution < -0.4 is 0 Å². The number of hydrogen-bond acceptors (Lipinski definition) is 2. The minimum Gasteiger partial charge on any atom is -0.481 e. The Labute approximate surface area is 97.7 Å². The molecule has 1 saturated heterocycles. The SMILES string of the molecule is O=C(O)[C@@H]1CCN(Cc2ccc(F)cc2F)C1. The number of carboxylic acid groups (broad SMARTS) is 1. The van der Waals surface area contributed by atoms with Crippen molar-refractivity contribution in [3.8, 4) is 0 Å². The third kappa shape index (κ3) is 2.79. The number of hydrogen-bond donors (Lipinski definition) is 1. The zero-order valence-electron chi connectivity index (χ0n) is 9.20. The fourth-order valence-electron chi connectivity index (χ4n) is 2.07. The number of benzene rings is 1. The highest BCUT2D eigenvalue weighted by molar-refractivity contribution is 5.70. The van der Waals surface area contributed by atoms with Gasteiger partial charge in [0.05, 0.1) is 5.92 Å². The molecule has 1 heterocycles. The molecule has 3 nitrogen and oxygen atoms in total. The fourth-order valence-corrected chi connectivity index (χ4v) is 2.07. The van der Waals surface area contributed by atoms with Crippen molar-refractivity contribution in [3.05, 3.63) is 35.4 Å². The van der Waals surface area contributed by atoms with E-state index in [1.165, 1.54) is 12.1 Å². The number of rotatable bonds is 3. The maximum Gasteiger partial charge on any atom is 0.307 e. The molecule has 17 heavy (non-hydrogen) atoms. The summed E-state index contributed by atoms with van der Waals surface area (Å²) in [7, 11) is 0. The van der Waals surface area contributed by atoms with Crippen LogP contribution in [0.4, 0.5) is 8.78 Å². The van der Waals surface area contributed by atoms with E-state index in [-0.39, 0.29) is 5.92 Å². The lowest BCUT2D eigenvalue weighted by Gasteiger charge is -2.15. The summed E-state index contributed by atoms with van der Waals surface area (Å²) in [6, 6.07) is 3.46. The molecular formula is C12H13F2NO2. The van der Waals surface area contributed by atoms with E-state index < -0.39 is 17.6 Å². The van der Waals surface area contributed by atoms with E-state index in [0.717, 1.165) is 6.07 Å². The molecule has 0 unspecified atom stereocenters. The Morgan fingerprint density at radius 1 is 1.47 bits per heavy atom. The van der Waals surface area contributed by atoms with Gasteiger partial charge in [-0.05, 0) is 19.0 Å². The molecule has 1 aromatic carbocycles. The number of nitrogens with zero attached hydrogens (tertiary/aromatic N) is 1. The Hall–Kier alpha value is -1.49. The van der Waals surface area contributed by atoms with Crippen molar-refractivity contribution in [2.45, 2.75) is 13.0 Å². The van der Waals surface area contributed by atoms with Gasteiger partial charge in [0.25, 0.3) is 0 Å². The van der Waals surface area contributed by atoms with Crippen molar-refractivity contribution < 1.29 is 18.7 Å². The minimum absolute atomic E-state index is 0.329. The molecule has 92 valence electrons. The topological polar surface area (TPSA) is 40.5 Å². The van der Waals surface area contributed by atoms with Crippen LogP contribution in [0.3, 0.4) is 0 Å². The maximum atomic E-state index is 13.4. The van der Waals surface area contributed by atoms with Gasteiger partial charge in [-0.1, -0.05) is 6.07 Å². The Balaban J connectivity index is 2.00. The van der Waals surface area contributed by atoms with Gasteiger partial charge >= 0.3 is 5.97 Å². The lowest BCUT2D eigenvalue weighted by Crippen LogP contribution is -2.23. The minimum atomic E-state index is -0.813. The zero-order chi connectivity index (χ0) is 12.4. The molecule has 0 saturated carbocycles. The quantitative estimate of drug-likeness (QED) is 0.878. The molecule has 2 rings (SSSR count). The summed E-state index contributed by atoms with van der Waals surface area (Å²) in [5.41, 5.74) is 0.400. The monoisotopic (exact) mass is 241 g/mol. The molecule has 0 amide bonds. The number of likely N-dealkylation sites (tertiary alicyclic amines) is 1.